The van der Waals surface area contributed by atoms with Gasteiger partial charge in [-0.2, -0.15) is 0 Å². The van der Waals surface area contributed by atoms with Gasteiger partial charge in [-0.25, -0.2) is 13.1 Å². The van der Waals surface area contributed by atoms with E-state index < -0.39 is 15.9 Å². The molecule has 0 aromatic heterocycles. The van der Waals surface area contributed by atoms with E-state index in [1.54, 1.807) is 0 Å². The topological polar surface area (TPSA) is 92.3 Å². The molecule has 2 aromatic rings. The summed E-state index contributed by atoms with van der Waals surface area (Å²) in [5.74, 6) is -0.638. The van der Waals surface area contributed by atoms with Gasteiger partial charge in [0.15, 0.2) is 0 Å². The van der Waals surface area contributed by atoms with Gasteiger partial charge in [0.05, 0.1) is 4.90 Å². The second-order valence-corrected chi connectivity index (χ2v) is 8.84. The molecule has 2 amide bonds. The lowest BCUT2D eigenvalue weighted by molar-refractivity contribution is -0.119. The first kappa shape index (κ1) is 21.6. The van der Waals surface area contributed by atoms with Gasteiger partial charge in [0.25, 0.3) is 15.9 Å². The monoisotopic (exact) mass is 402 g/mol. The van der Waals surface area contributed by atoms with Crippen molar-refractivity contribution in [3.63, 3.8) is 0 Å². The Balaban J connectivity index is 2.04. The molecule has 0 unspecified atom stereocenters. The fourth-order valence-corrected chi connectivity index (χ4v) is 3.53. The zero-order valence-electron chi connectivity index (χ0n) is 16.4. The first-order valence-electron chi connectivity index (χ1n) is 9.17. The number of hydrogen-bond donors (Lipinski definition) is 2. The van der Waals surface area contributed by atoms with Crippen molar-refractivity contribution in [1.82, 2.24) is 10.0 Å². The van der Waals surface area contributed by atoms with Crippen molar-refractivity contribution in [1.29, 1.82) is 0 Å². The van der Waals surface area contributed by atoms with Gasteiger partial charge in [-0.15, -0.1) is 0 Å². The lowest BCUT2D eigenvalue weighted by Gasteiger charge is -2.10. The second-order valence-electron chi connectivity index (χ2n) is 7.16. The smallest absolute Gasteiger partial charge is 0.264 e. The van der Waals surface area contributed by atoms with Crippen LogP contribution in [0, 0.1) is 12.8 Å². The number of amides is 2. The zero-order valence-corrected chi connectivity index (χ0v) is 17.2. The van der Waals surface area contributed by atoms with E-state index in [4.69, 9.17) is 0 Å². The molecule has 0 saturated carbocycles. The van der Waals surface area contributed by atoms with Crippen LogP contribution in [0.2, 0.25) is 0 Å². The first-order valence-corrected chi connectivity index (χ1v) is 10.6. The van der Waals surface area contributed by atoms with E-state index in [0.717, 1.165) is 11.1 Å². The fraction of sp³-hybridized carbons (Fsp3) is 0.333. The van der Waals surface area contributed by atoms with Gasteiger partial charge in [-0.05, 0) is 43.0 Å². The van der Waals surface area contributed by atoms with Crippen molar-refractivity contribution >= 4 is 21.8 Å². The number of hydrogen-bond acceptors (Lipinski definition) is 4. The number of rotatable bonds is 8. The van der Waals surface area contributed by atoms with Crippen molar-refractivity contribution in [2.75, 3.05) is 0 Å². The highest BCUT2D eigenvalue weighted by molar-refractivity contribution is 7.90. The van der Waals surface area contributed by atoms with Crippen LogP contribution < -0.4 is 10.0 Å². The highest BCUT2D eigenvalue weighted by Gasteiger charge is 2.19. The Morgan fingerprint density at radius 2 is 1.71 bits per heavy atom. The van der Waals surface area contributed by atoms with E-state index in [-0.39, 0.29) is 22.8 Å². The van der Waals surface area contributed by atoms with Crippen LogP contribution in [0.4, 0.5) is 0 Å². The Hall–Kier alpha value is -2.67. The predicted molar refractivity (Wildman–Crippen MR) is 108 cm³/mol. The van der Waals surface area contributed by atoms with E-state index in [2.05, 4.69) is 10.0 Å². The number of carbonyl (C=O) groups is 2. The highest BCUT2D eigenvalue weighted by Crippen LogP contribution is 2.13. The summed E-state index contributed by atoms with van der Waals surface area (Å²) in [6.07, 6.45) is 0.733. The predicted octanol–water partition coefficient (Wildman–Crippen LogP) is 3.17. The van der Waals surface area contributed by atoms with Crippen LogP contribution in [-0.4, -0.2) is 20.2 Å². The van der Waals surface area contributed by atoms with E-state index in [0.29, 0.717) is 18.9 Å². The summed E-state index contributed by atoms with van der Waals surface area (Å²) in [4.78, 5) is 24.1. The fourth-order valence-electron chi connectivity index (χ4n) is 2.47. The van der Waals surface area contributed by atoms with Crippen molar-refractivity contribution in [2.45, 2.75) is 45.1 Å². The van der Waals surface area contributed by atoms with Crippen LogP contribution in [0.1, 0.15) is 48.2 Å². The maximum atomic E-state index is 12.4. The standard InChI is InChI=1S/C21H26N2O4S/c1-15(2)7-12-20(24)23-28(26,27)19-6-4-5-18(13-19)21(25)22-14-17-10-8-16(3)9-11-17/h4-6,8-11,13,15H,7,12,14H2,1-3H3,(H,22,25)(H,23,24). The number of benzene rings is 2. The minimum atomic E-state index is -4.01. The Morgan fingerprint density at radius 1 is 1.04 bits per heavy atom. The third-order valence-electron chi connectivity index (χ3n) is 4.18. The Morgan fingerprint density at radius 3 is 2.36 bits per heavy atom. The van der Waals surface area contributed by atoms with Crippen LogP contribution in [0.15, 0.2) is 53.4 Å². The third-order valence-corrected chi connectivity index (χ3v) is 5.55. The van der Waals surface area contributed by atoms with E-state index in [9.17, 15) is 18.0 Å². The first-order chi connectivity index (χ1) is 13.2. The molecule has 2 N–H and O–H groups in total. The second kappa shape index (κ2) is 9.50. The highest BCUT2D eigenvalue weighted by atomic mass is 32.2. The summed E-state index contributed by atoms with van der Waals surface area (Å²) in [5, 5.41) is 2.77. The average Bonchev–Trinajstić information content (AvgIpc) is 2.65. The van der Waals surface area contributed by atoms with Crippen LogP contribution in [0.3, 0.4) is 0 Å². The largest absolute Gasteiger partial charge is 0.348 e. The van der Waals surface area contributed by atoms with Gasteiger partial charge >= 0.3 is 0 Å². The summed E-state index contributed by atoms with van der Waals surface area (Å²) in [6.45, 7) is 6.24. The van der Waals surface area contributed by atoms with E-state index >= 15 is 0 Å². The van der Waals surface area contributed by atoms with Gasteiger partial charge < -0.3 is 5.32 Å². The van der Waals surface area contributed by atoms with E-state index in [1.807, 2.05) is 45.0 Å². The summed E-state index contributed by atoms with van der Waals surface area (Å²) in [6, 6.07) is 13.4. The SMILES string of the molecule is Cc1ccc(CNC(=O)c2cccc(S(=O)(=O)NC(=O)CCC(C)C)c2)cc1. The molecular weight excluding hydrogens is 376 g/mol. The van der Waals surface area contributed by atoms with Crippen molar-refractivity contribution < 1.29 is 18.0 Å². The van der Waals surface area contributed by atoms with Crippen molar-refractivity contribution in [2.24, 2.45) is 5.92 Å². The molecule has 0 bridgehead atoms. The molecule has 0 fully saturated rings. The third kappa shape index (κ3) is 6.49. The lowest BCUT2D eigenvalue weighted by atomic mass is 10.1. The molecule has 28 heavy (non-hydrogen) atoms. The molecule has 7 heteroatoms. The van der Waals surface area contributed by atoms with Crippen molar-refractivity contribution in [3.05, 3.63) is 65.2 Å². The molecule has 0 spiro atoms. The molecule has 150 valence electrons. The zero-order chi connectivity index (χ0) is 20.7. The summed E-state index contributed by atoms with van der Waals surface area (Å²) in [7, 11) is -4.01. The molecule has 0 aliphatic carbocycles. The van der Waals surface area contributed by atoms with Crippen LogP contribution in [0.5, 0.6) is 0 Å². The maximum Gasteiger partial charge on any atom is 0.264 e. The molecule has 0 aliphatic rings. The Kier molecular flexibility index (Phi) is 7.34. The number of carbonyl (C=O) groups excluding carboxylic acids is 2. The normalized spacial score (nSPS) is 11.3. The molecule has 0 atom stereocenters. The Labute approximate surface area is 166 Å². The minimum absolute atomic E-state index is 0.117. The molecule has 0 saturated heterocycles. The average molecular weight is 403 g/mol. The Bertz CT molecular complexity index is 935. The lowest BCUT2D eigenvalue weighted by Crippen LogP contribution is -2.31. The minimum Gasteiger partial charge on any atom is -0.348 e. The summed E-state index contributed by atoms with van der Waals surface area (Å²) >= 11 is 0. The molecule has 2 rings (SSSR count). The molecule has 0 aliphatic heterocycles. The summed E-state index contributed by atoms with van der Waals surface area (Å²) in [5.41, 5.74) is 2.29. The van der Waals surface area contributed by atoms with Gasteiger partial charge in [-0.3, -0.25) is 9.59 Å². The maximum absolute atomic E-state index is 12.4. The molecule has 0 heterocycles. The summed E-state index contributed by atoms with van der Waals surface area (Å²) < 4.78 is 26.9. The van der Waals surface area contributed by atoms with Crippen molar-refractivity contribution in [3.8, 4) is 0 Å². The van der Waals surface area contributed by atoms with Crippen LogP contribution >= 0.6 is 0 Å². The molecule has 0 radical (unpaired) electrons. The van der Waals surface area contributed by atoms with Crippen LogP contribution in [-0.2, 0) is 21.4 Å². The number of nitrogens with one attached hydrogen (secondary N) is 2. The quantitative estimate of drug-likeness (QED) is 0.709. The number of sulfonamides is 1. The van der Waals surface area contributed by atoms with Gasteiger partial charge in [-0.1, -0.05) is 49.7 Å². The van der Waals surface area contributed by atoms with Crippen LogP contribution in [0.25, 0.3) is 0 Å². The molecular formula is C21H26N2O4S. The van der Waals surface area contributed by atoms with Gasteiger partial charge in [0, 0.05) is 18.5 Å². The van der Waals surface area contributed by atoms with Gasteiger partial charge in [0.2, 0.25) is 5.91 Å². The van der Waals surface area contributed by atoms with Gasteiger partial charge in [0.1, 0.15) is 0 Å². The van der Waals surface area contributed by atoms with E-state index in [1.165, 1.54) is 24.3 Å². The molecule has 6 nitrogen and oxygen atoms in total. The molecule has 2 aromatic carbocycles. The number of aryl methyl sites for hydroxylation is 1.